The molecular weight excluding hydrogens is 278 g/mol. The van der Waals surface area contributed by atoms with Gasteiger partial charge in [0, 0.05) is 24.5 Å². The number of aliphatic carboxylic acids is 1. The minimum absolute atomic E-state index is 0.154. The molecule has 0 bridgehead atoms. The van der Waals surface area contributed by atoms with Crippen molar-refractivity contribution in [1.29, 1.82) is 0 Å². The van der Waals surface area contributed by atoms with Gasteiger partial charge in [-0.05, 0) is 38.7 Å². The van der Waals surface area contributed by atoms with E-state index in [0.29, 0.717) is 6.04 Å². The predicted molar refractivity (Wildman–Crippen MR) is 85.6 cm³/mol. The molecule has 1 heterocycles. The highest BCUT2D eigenvalue weighted by Crippen LogP contribution is 2.25. The molecule has 1 aliphatic rings. The first-order chi connectivity index (χ1) is 10.7. The van der Waals surface area contributed by atoms with E-state index in [2.05, 4.69) is 24.4 Å². The van der Waals surface area contributed by atoms with Crippen LogP contribution in [0, 0.1) is 5.92 Å². The van der Waals surface area contributed by atoms with E-state index in [1.54, 1.807) is 0 Å². The number of para-hydroxylation sites is 1. The molecule has 5 heteroatoms. The van der Waals surface area contributed by atoms with Crippen molar-refractivity contribution >= 4 is 16.9 Å². The second-order valence-electron chi connectivity index (χ2n) is 6.05. The monoisotopic (exact) mass is 301 g/mol. The minimum atomic E-state index is -0.647. The van der Waals surface area contributed by atoms with Crippen LogP contribution in [-0.4, -0.2) is 26.9 Å². The van der Waals surface area contributed by atoms with Gasteiger partial charge in [0.05, 0.1) is 17.1 Å². The normalized spacial score (nSPS) is 22.0. The summed E-state index contributed by atoms with van der Waals surface area (Å²) in [6.45, 7) is 3.71. The summed E-state index contributed by atoms with van der Waals surface area (Å²) >= 11 is 0. The molecular formula is C17H23N3O2. The lowest BCUT2D eigenvalue weighted by Crippen LogP contribution is -2.34. The second-order valence-corrected chi connectivity index (χ2v) is 6.05. The highest BCUT2D eigenvalue weighted by Gasteiger charge is 2.25. The average Bonchev–Trinajstić information content (AvgIpc) is 2.91. The molecule has 5 nitrogen and oxygen atoms in total. The number of aromatic nitrogens is 2. The molecule has 0 atom stereocenters. The van der Waals surface area contributed by atoms with E-state index in [1.807, 2.05) is 16.8 Å². The van der Waals surface area contributed by atoms with Crippen LogP contribution < -0.4 is 5.32 Å². The Kier molecular flexibility index (Phi) is 4.43. The number of hydrogen-bond acceptors (Lipinski definition) is 3. The largest absolute Gasteiger partial charge is 0.481 e. The Hall–Kier alpha value is -1.88. The van der Waals surface area contributed by atoms with E-state index in [-0.39, 0.29) is 5.92 Å². The third kappa shape index (κ3) is 2.99. The van der Waals surface area contributed by atoms with Crippen LogP contribution in [0.4, 0.5) is 0 Å². The molecule has 22 heavy (non-hydrogen) atoms. The molecule has 0 aliphatic heterocycles. The zero-order valence-corrected chi connectivity index (χ0v) is 13.0. The molecule has 1 fully saturated rings. The fourth-order valence-corrected chi connectivity index (χ4v) is 3.35. The number of aryl methyl sites for hydroxylation is 1. The number of hydrogen-bond donors (Lipinski definition) is 2. The molecule has 3 rings (SSSR count). The third-order valence-electron chi connectivity index (χ3n) is 4.67. The zero-order chi connectivity index (χ0) is 15.5. The standard InChI is InChI=1S/C17H23N3O2/c1-2-20-16-6-4-3-5-14(16)15(19-20)11-18-13-9-7-12(8-10-13)17(21)22/h3-6,12-13,18H,2,7-11H2,1H3,(H,21,22). The lowest BCUT2D eigenvalue weighted by Gasteiger charge is -2.26. The topological polar surface area (TPSA) is 67.2 Å². The van der Waals surface area contributed by atoms with E-state index in [1.165, 1.54) is 10.9 Å². The van der Waals surface area contributed by atoms with Gasteiger partial charge in [-0.25, -0.2) is 0 Å². The van der Waals surface area contributed by atoms with Gasteiger partial charge in [-0.2, -0.15) is 5.10 Å². The van der Waals surface area contributed by atoms with Crippen LogP contribution in [-0.2, 0) is 17.9 Å². The number of nitrogens with one attached hydrogen (secondary N) is 1. The summed E-state index contributed by atoms with van der Waals surface area (Å²) in [4.78, 5) is 11.0. The van der Waals surface area contributed by atoms with Gasteiger partial charge in [-0.3, -0.25) is 9.48 Å². The highest BCUT2D eigenvalue weighted by atomic mass is 16.4. The molecule has 0 spiro atoms. The Balaban J connectivity index is 1.64. The number of nitrogens with zero attached hydrogens (tertiary/aromatic N) is 2. The van der Waals surface area contributed by atoms with E-state index < -0.39 is 5.97 Å². The smallest absolute Gasteiger partial charge is 0.306 e. The van der Waals surface area contributed by atoms with Gasteiger partial charge in [0.2, 0.25) is 0 Å². The Labute approximate surface area is 130 Å². The molecule has 2 aromatic rings. The van der Waals surface area contributed by atoms with Gasteiger partial charge in [-0.15, -0.1) is 0 Å². The number of carboxylic acids is 1. The maximum Gasteiger partial charge on any atom is 0.306 e. The first-order valence-corrected chi connectivity index (χ1v) is 8.09. The van der Waals surface area contributed by atoms with Crippen LogP contribution in [0.15, 0.2) is 24.3 Å². The molecule has 1 aromatic heterocycles. The molecule has 1 saturated carbocycles. The van der Waals surface area contributed by atoms with Crippen molar-refractivity contribution in [1.82, 2.24) is 15.1 Å². The molecule has 2 N–H and O–H groups in total. The maximum atomic E-state index is 11.0. The number of carboxylic acid groups (broad SMARTS) is 1. The van der Waals surface area contributed by atoms with Gasteiger partial charge < -0.3 is 10.4 Å². The van der Waals surface area contributed by atoms with E-state index in [4.69, 9.17) is 10.2 Å². The van der Waals surface area contributed by atoms with Crippen molar-refractivity contribution in [3.8, 4) is 0 Å². The van der Waals surface area contributed by atoms with E-state index in [9.17, 15) is 4.79 Å². The van der Waals surface area contributed by atoms with Crippen LogP contribution in [0.5, 0.6) is 0 Å². The number of fused-ring (bicyclic) bond motifs is 1. The first-order valence-electron chi connectivity index (χ1n) is 8.09. The Morgan fingerprint density at radius 1 is 1.32 bits per heavy atom. The summed E-state index contributed by atoms with van der Waals surface area (Å²) in [7, 11) is 0. The van der Waals surface area contributed by atoms with Crippen molar-refractivity contribution < 1.29 is 9.90 Å². The molecule has 1 aliphatic carbocycles. The quantitative estimate of drug-likeness (QED) is 0.891. The van der Waals surface area contributed by atoms with E-state index in [0.717, 1.165) is 44.5 Å². The Bertz CT molecular complexity index is 657. The Morgan fingerprint density at radius 2 is 2.05 bits per heavy atom. The van der Waals surface area contributed by atoms with Gasteiger partial charge in [0.25, 0.3) is 0 Å². The summed E-state index contributed by atoms with van der Waals surface area (Å²) in [5.41, 5.74) is 2.26. The third-order valence-corrected chi connectivity index (χ3v) is 4.67. The fraction of sp³-hybridized carbons (Fsp3) is 0.529. The van der Waals surface area contributed by atoms with Crippen LogP contribution in [0.3, 0.4) is 0 Å². The summed E-state index contributed by atoms with van der Waals surface area (Å²) in [6.07, 6.45) is 3.42. The summed E-state index contributed by atoms with van der Waals surface area (Å²) in [6, 6.07) is 8.72. The average molecular weight is 301 g/mol. The van der Waals surface area contributed by atoms with E-state index >= 15 is 0 Å². The van der Waals surface area contributed by atoms with Crippen LogP contribution in [0.1, 0.15) is 38.3 Å². The fourth-order valence-electron chi connectivity index (χ4n) is 3.35. The van der Waals surface area contributed by atoms with Gasteiger partial charge in [0.1, 0.15) is 0 Å². The molecule has 0 saturated heterocycles. The van der Waals surface area contributed by atoms with Crippen LogP contribution in [0.25, 0.3) is 10.9 Å². The molecule has 118 valence electrons. The molecule has 0 amide bonds. The molecule has 0 unspecified atom stereocenters. The number of carbonyl (C=O) groups is 1. The summed E-state index contributed by atoms with van der Waals surface area (Å²) in [5, 5.41) is 18.5. The number of rotatable bonds is 5. The van der Waals surface area contributed by atoms with Crippen molar-refractivity contribution in [2.75, 3.05) is 0 Å². The lowest BCUT2D eigenvalue weighted by atomic mass is 9.86. The minimum Gasteiger partial charge on any atom is -0.481 e. The van der Waals surface area contributed by atoms with Crippen LogP contribution >= 0.6 is 0 Å². The summed E-state index contributed by atoms with van der Waals surface area (Å²) < 4.78 is 2.04. The van der Waals surface area contributed by atoms with Gasteiger partial charge in [0.15, 0.2) is 0 Å². The maximum absolute atomic E-state index is 11.0. The molecule has 0 radical (unpaired) electrons. The van der Waals surface area contributed by atoms with Crippen molar-refractivity contribution in [3.05, 3.63) is 30.0 Å². The highest BCUT2D eigenvalue weighted by molar-refractivity contribution is 5.81. The second kappa shape index (κ2) is 6.48. The number of benzene rings is 1. The van der Waals surface area contributed by atoms with Gasteiger partial charge >= 0.3 is 5.97 Å². The zero-order valence-electron chi connectivity index (χ0n) is 13.0. The van der Waals surface area contributed by atoms with Crippen molar-refractivity contribution in [2.45, 2.75) is 51.7 Å². The molecule has 1 aromatic carbocycles. The SMILES string of the molecule is CCn1nc(CNC2CCC(C(=O)O)CC2)c2ccccc21. The Morgan fingerprint density at radius 3 is 2.73 bits per heavy atom. The van der Waals surface area contributed by atoms with Crippen molar-refractivity contribution in [2.24, 2.45) is 5.92 Å². The predicted octanol–water partition coefficient (Wildman–Crippen LogP) is 2.79. The van der Waals surface area contributed by atoms with Gasteiger partial charge in [-0.1, -0.05) is 18.2 Å². The first kappa shape index (κ1) is 15.0. The lowest BCUT2D eigenvalue weighted by molar-refractivity contribution is -0.142. The van der Waals surface area contributed by atoms with Crippen molar-refractivity contribution in [3.63, 3.8) is 0 Å². The van der Waals surface area contributed by atoms with Crippen LogP contribution in [0.2, 0.25) is 0 Å². The summed E-state index contributed by atoms with van der Waals surface area (Å²) in [5.74, 6) is -0.802.